The molecule has 0 saturated carbocycles. The van der Waals surface area contributed by atoms with Crippen LogP contribution in [0.3, 0.4) is 0 Å². The highest BCUT2D eigenvalue weighted by Crippen LogP contribution is 2.45. The van der Waals surface area contributed by atoms with Gasteiger partial charge >= 0.3 is 0 Å². The van der Waals surface area contributed by atoms with Gasteiger partial charge in [-0.2, -0.15) is 0 Å². The normalized spacial score (nSPS) is 15.2. The van der Waals surface area contributed by atoms with Gasteiger partial charge in [-0.25, -0.2) is 4.39 Å². The van der Waals surface area contributed by atoms with Crippen molar-refractivity contribution >= 4 is 50.9 Å². The molecule has 2 N–H and O–H groups in total. The number of rotatable bonds is 8. The smallest absolute Gasteiger partial charge is 0.296 e. The Morgan fingerprint density at radius 3 is 2.66 bits per heavy atom. The number of halogens is 1. The molecule has 3 aromatic carbocycles. The van der Waals surface area contributed by atoms with Crippen LogP contribution in [-0.2, 0) is 10.5 Å². The number of aromatic hydroxyl groups is 1. The second-order valence-electron chi connectivity index (χ2n) is 8.98. The number of phenols is 1. The summed E-state index contributed by atoms with van der Waals surface area (Å²) in [5, 5.41) is 30.3. The Kier molecular flexibility index (Phi) is 6.93. The molecule has 0 spiro atoms. The number of carbonyl (C=O) groups is 2. The van der Waals surface area contributed by atoms with Gasteiger partial charge < -0.3 is 19.4 Å². The van der Waals surface area contributed by atoms with E-state index in [2.05, 4.69) is 10.2 Å². The number of para-hydroxylation sites is 1. The Labute approximate surface area is 240 Å². The SMILES string of the molecule is COc1cc(C2C(C(=O)c3cc4ccccc4o3)=C(O)C(=O)N2c2nnc(SCc3ccccc3F)s2)ccc1O. The predicted octanol–water partition coefficient (Wildman–Crippen LogP) is 6.21. The molecule has 6 rings (SSSR count). The molecule has 0 bridgehead atoms. The van der Waals surface area contributed by atoms with Crippen LogP contribution in [0.5, 0.6) is 11.5 Å². The number of phenolic OH excluding ortho intramolecular Hbond substituents is 1. The monoisotopic (exact) mass is 589 g/mol. The molecule has 3 heterocycles. The molecule has 2 aromatic heterocycles. The topological polar surface area (TPSA) is 126 Å². The minimum atomic E-state index is -1.14. The van der Waals surface area contributed by atoms with Gasteiger partial charge in [0.15, 0.2) is 27.4 Å². The first-order valence-corrected chi connectivity index (χ1v) is 14.0. The minimum Gasteiger partial charge on any atom is -0.504 e. The number of aliphatic hydroxyl groups excluding tert-OH is 1. The largest absolute Gasteiger partial charge is 0.504 e. The van der Waals surface area contributed by atoms with E-state index in [4.69, 9.17) is 9.15 Å². The highest BCUT2D eigenvalue weighted by atomic mass is 32.2. The third-order valence-electron chi connectivity index (χ3n) is 6.53. The summed E-state index contributed by atoms with van der Waals surface area (Å²) in [6.07, 6.45) is 0. The van der Waals surface area contributed by atoms with Crippen molar-refractivity contribution in [1.29, 1.82) is 0 Å². The Balaban J connectivity index is 1.39. The average Bonchev–Trinajstić information content (AvgIpc) is 3.69. The predicted molar refractivity (Wildman–Crippen MR) is 151 cm³/mol. The van der Waals surface area contributed by atoms with Crippen molar-refractivity contribution in [2.45, 2.75) is 16.1 Å². The number of thioether (sulfide) groups is 1. The maximum absolute atomic E-state index is 14.1. The molecule has 5 aromatic rings. The lowest BCUT2D eigenvalue weighted by molar-refractivity contribution is -0.117. The van der Waals surface area contributed by atoms with Crippen LogP contribution in [0.25, 0.3) is 11.0 Å². The average molecular weight is 590 g/mol. The number of Topliss-reactive ketones (excluding diaryl/α,β-unsaturated/α-hetero) is 1. The second kappa shape index (κ2) is 10.7. The van der Waals surface area contributed by atoms with E-state index in [1.807, 2.05) is 0 Å². The molecule has 0 radical (unpaired) electrons. The van der Waals surface area contributed by atoms with Gasteiger partial charge in [0, 0.05) is 11.1 Å². The third-order valence-corrected chi connectivity index (χ3v) is 8.64. The summed E-state index contributed by atoms with van der Waals surface area (Å²) in [7, 11) is 1.37. The van der Waals surface area contributed by atoms with Crippen LogP contribution in [0.1, 0.15) is 27.7 Å². The fourth-order valence-corrected chi connectivity index (χ4v) is 6.41. The van der Waals surface area contributed by atoms with Crippen molar-refractivity contribution < 1.29 is 33.3 Å². The number of hydrogen-bond donors (Lipinski definition) is 2. The number of aromatic nitrogens is 2. The number of anilines is 1. The summed E-state index contributed by atoms with van der Waals surface area (Å²) in [4.78, 5) is 28.5. The van der Waals surface area contributed by atoms with E-state index in [0.717, 1.165) is 11.3 Å². The van der Waals surface area contributed by atoms with Crippen molar-refractivity contribution in [2.24, 2.45) is 0 Å². The molecule has 1 amide bonds. The molecular weight excluding hydrogens is 569 g/mol. The molecule has 0 saturated heterocycles. The van der Waals surface area contributed by atoms with E-state index in [9.17, 15) is 24.2 Å². The van der Waals surface area contributed by atoms with Crippen molar-refractivity contribution in [1.82, 2.24) is 10.2 Å². The number of ether oxygens (including phenoxy) is 1. The molecule has 41 heavy (non-hydrogen) atoms. The number of benzene rings is 3. The van der Waals surface area contributed by atoms with Crippen LogP contribution in [0.4, 0.5) is 9.52 Å². The van der Waals surface area contributed by atoms with Crippen LogP contribution >= 0.6 is 23.1 Å². The number of furan rings is 1. The van der Waals surface area contributed by atoms with E-state index in [1.54, 1.807) is 48.5 Å². The minimum absolute atomic E-state index is 0.0588. The maximum atomic E-state index is 14.1. The highest BCUT2D eigenvalue weighted by molar-refractivity contribution is 8.00. The Bertz CT molecular complexity index is 1820. The zero-order chi connectivity index (χ0) is 28.7. The number of amides is 1. The van der Waals surface area contributed by atoms with E-state index in [-0.39, 0.29) is 39.5 Å². The summed E-state index contributed by atoms with van der Waals surface area (Å²) >= 11 is 2.29. The van der Waals surface area contributed by atoms with Gasteiger partial charge in [0.25, 0.3) is 5.91 Å². The second-order valence-corrected chi connectivity index (χ2v) is 11.2. The number of fused-ring (bicyclic) bond motifs is 1. The van der Waals surface area contributed by atoms with Gasteiger partial charge in [-0.15, -0.1) is 10.2 Å². The van der Waals surface area contributed by atoms with E-state index >= 15 is 0 Å². The van der Waals surface area contributed by atoms with Crippen molar-refractivity contribution in [3.63, 3.8) is 0 Å². The summed E-state index contributed by atoms with van der Waals surface area (Å²) in [5.74, 6) is -2.46. The first-order chi connectivity index (χ1) is 19.9. The molecule has 9 nitrogen and oxygen atoms in total. The fraction of sp³-hybridized carbons (Fsp3) is 0.103. The summed E-state index contributed by atoms with van der Waals surface area (Å²) < 4.78 is 25.6. The number of hydrogen-bond acceptors (Lipinski definition) is 10. The first kappa shape index (κ1) is 26.5. The number of ketones is 1. The maximum Gasteiger partial charge on any atom is 0.296 e. The molecule has 206 valence electrons. The highest BCUT2D eigenvalue weighted by Gasteiger charge is 2.47. The molecular formula is C29H20FN3O6S2. The zero-order valence-electron chi connectivity index (χ0n) is 21.3. The Morgan fingerprint density at radius 1 is 1.10 bits per heavy atom. The molecule has 1 unspecified atom stereocenters. The molecule has 1 aliphatic heterocycles. The number of carbonyl (C=O) groups excluding carboxylic acids is 2. The number of nitrogens with zero attached hydrogens (tertiary/aromatic N) is 3. The first-order valence-electron chi connectivity index (χ1n) is 12.2. The lowest BCUT2D eigenvalue weighted by atomic mass is 9.95. The summed E-state index contributed by atoms with van der Waals surface area (Å²) in [6, 6.07) is 18.2. The number of aliphatic hydroxyl groups is 1. The van der Waals surface area contributed by atoms with E-state index < -0.39 is 23.5 Å². The summed E-state index contributed by atoms with van der Waals surface area (Å²) in [6.45, 7) is 0. The quantitative estimate of drug-likeness (QED) is 0.123. The van der Waals surface area contributed by atoms with Crippen LogP contribution in [0, 0.1) is 5.82 Å². The van der Waals surface area contributed by atoms with Gasteiger partial charge in [-0.3, -0.25) is 14.5 Å². The van der Waals surface area contributed by atoms with Gasteiger partial charge in [0.2, 0.25) is 10.9 Å². The van der Waals surface area contributed by atoms with Gasteiger partial charge in [-0.1, -0.05) is 65.6 Å². The Morgan fingerprint density at radius 2 is 1.88 bits per heavy atom. The van der Waals surface area contributed by atoms with E-state index in [0.29, 0.717) is 26.4 Å². The third kappa shape index (κ3) is 4.81. The van der Waals surface area contributed by atoms with Gasteiger partial charge in [0.1, 0.15) is 11.4 Å². The lowest BCUT2D eigenvalue weighted by Crippen LogP contribution is -2.31. The molecule has 1 aliphatic rings. The van der Waals surface area contributed by atoms with Crippen molar-refractivity contribution in [2.75, 3.05) is 12.0 Å². The van der Waals surface area contributed by atoms with Crippen molar-refractivity contribution in [3.8, 4) is 11.5 Å². The van der Waals surface area contributed by atoms with Gasteiger partial charge in [-0.05, 0) is 41.5 Å². The van der Waals surface area contributed by atoms with Crippen LogP contribution in [0.2, 0.25) is 0 Å². The Hall–Kier alpha value is -4.68. The molecule has 0 aliphatic carbocycles. The van der Waals surface area contributed by atoms with Crippen LogP contribution in [-0.4, -0.2) is 39.2 Å². The molecule has 0 fully saturated rings. The van der Waals surface area contributed by atoms with Crippen molar-refractivity contribution in [3.05, 3.63) is 107 Å². The fourth-order valence-electron chi connectivity index (χ4n) is 4.55. The molecule has 1 atom stereocenters. The summed E-state index contributed by atoms with van der Waals surface area (Å²) in [5.41, 5.74) is 1.10. The van der Waals surface area contributed by atoms with E-state index in [1.165, 1.54) is 48.0 Å². The van der Waals surface area contributed by atoms with Crippen LogP contribution < -0.4 is 9.64 Å². The zero-order valence-corrected chi connectivity index (χ0v) is 22.9. The van der Waals surface area contributed by atoms with Gasteiger partial charge in [0.05, 0.1) is 18.7 Å². The van der Waals surface area contributed by atoms with Crippen LogP contribution in [0.15, 0.2) is 92.9 Å². The molecule has 12 heteroatoms. The standard InChI is InChI=1S/C29H20FN3O6S2/c1-38-21-13-16(10-11-19(21)34)24-23(25(35)22-12-15-6-3-5-9-20(15)39-22)26(36)27(37)33(24)28-31-32-29(41-28)40-14-17-7-2-4-8-18(17)30/h2-13,24,34,36H,14H2,1H3. The number of methoxy groups -OCH3 is 1. The lowest BCUT2D eigenvalue weighted by Gasteiger charge is -2.24.